The zero-order chi connectivity index (χ0) is 17.2. The van der Waals surface area contributed by atoms with Gasteiger partial charge in [0.1, 0.15) is 0 Å². The summed E-state index contributed by atoms with van der Waals surface area (Å²) in [6.45, 7) is 4.61. The number of hydrogen-bond acceptors (Lipinski definition) is 4. The molecule has 4 nitrogen and oxygen atoms in total. The van der Waals surface area contributed by atoms with E-state index >= 15 is 0 Å². The molecule has 24 heavy (non-hydrogen) atoms. The topological polar surface area (TPSA) is 50.3 Å². The Morgan fingerprint density at radius 1 is 1.21 bits per heavy atom. The Balaban J connectivity index is 1.88. The molecule has 0 aliphatic carbocycles. The van der Waals surface area contributed by atoms with Crippen molar-refractivity contribution in [3.05, 3.63) is 53.7 Å². The van der Waals surface area contributed by atoms with Crippen LogP contribution in [0.25, 0.3) is 0 Å². The fourth-order valence-corrected chi connectivity index (χ4v) is 5.30. The summed E-state index contributed by atoms with van der Waals surface area (Å²) in [5.74, 6) is 0.976. The Kier molecular flexibility index (Phi) is 5.27. The van der Waals surface area contributed by atoms with Gasteiger partial charge >= 0.3 is 0 Å². The third-order valence-electron chi connectivity index (χ3n) is 4.27. The SMILES string of the molecule is CCSc1ccc([C@H]2CCCN2S(=O)(=O)c2ccc(C)cc2)cn1. The molecule has 0 N–H and O–H groups in total. The Labute approximate surface area is 148 Å². The first-order valence-electron chi connectivity index (χ1n) is 8.19. The fourth-order valence-electron chi connectivity index (χ4n) is 3.03. The highest BCUT2D eigenvalue weighted by molar-refractivity contribution is 7.99. The number of sulfonamides is 1. The molecular weight excluding hydrogens is 340 g/mol. The average molecular weight is 363 g/mol. The zero-order valence-corrected chi connectivity index (χ0v) is 15.6. The summed E-state index contributed by atoms with van der Waals surface area (Å²) in [6, 6.07) is 11.0. The first kappa shape index (κ1) is 17.5. The molecule has 1 fully saturated rings. The number of aromatic nitrogens is 1. The molecule has 0 bridgehead atoms. The second kappa shape index (κ2) is 7.25. The Morgan fingerprint density at radius 2 is 1.96 bits per heavy atom. The van der Waals surface area contributed by atoms with Crippen LogP contribution in [0.15, 0.2) is 52.5 Å². The van der Waals surface area contributed by atoms with E-state index in [-0.39, 0.29) is 6.04 Å². The summed E-state index contributed by atoms with van der Waals surface area (Å²) in [5, 5.41) is 0.979. The number of aryl methyl sites for hydroxylation is 1. The van der Waals surface area contributed by atoms with Crippen LogP contribution in [0.3, 0.4) is 0 Å². The number of pyridine rings is 1. The minimum Gasteiger partial charge on any atom is -0.250 e. The Morgan fingerprint density at radius 3 is 2.58 bits per heavy atom. The maximum Gasteiger partial charge on any atom is 0.243 e. The standard InChI is InChI=1S/C18H22N2O2S2/c1-3-23-18-11-8-15(13-19-18)17-5-4-12-20(17)24(21,22)16-9-6-14(2)7-10-16/h6-11,13,17H,3-5,12H2,1-2H3/t17-/m1/s1. The number of hydrogen-bond donors (Lipinski definition) is 0. The predicted octanol–water partition coefficient (Wildman–Crippen LogP) is 4.03. The number of rotatable bonds is 5. The molecule has 0 saturated carbocycles. The van der Waals surface area contributed by atoms with Crippen molar-refractivity contribution in [1.29, 1.82) is 0 Å². The van der Waals surface area contributed by atoms with E-state index in [1.54, 1.807) is 28.2 Å². The number of thioether (sulfide) groups is 1. The number of nitrogens with zero attached hydrogens (tertiary/aromatic N) is 2. The lowest BCUT2D eigenvalue weighted by Gasteiger charge is -2.24. The van der Waals surface area contributed by atoms with Crippen LogP contribution in [-0.4, -0.2) is 30.0 Å². The average Bonchev–Trinajstić information content (AvgIpc) is 3.07. The maximum absolute atomic E-state index is 13.0. The molecule has 3 rings (SSSR count). The van der Waals surface area contributed by atoms with Crippen LogP contribution in [0.4, 0.5) is 0 Å². The summed E-state index contributed by atoms with van der Waals surface area (Å²) in [5.41, 5.74) is 2.03. The van der Waals surface area contributed by atoms with E-state index in [2.05, 4.69) is 11.9 Å². The largest absolute Gasteiger partial charge is 0.250 e. The highest BCUT2D eigenvalue weighted by Gasteiger charge is 2.36. The second-order valence-corrected chi connectivity index (χ2v) is 9.12. The van der Waals surface area contributed by atoms with Gasteiger partial charge in [0, 0.05) is 12.7 Å². The van der Waals surface area contributed by atoms with Gasteiger partial charge in [-0.3, -0.25) is 0 Å². The van der Waals surface area contributed by atoms with E-state index in [0.717, 1.165) is 34.7 Å². The van der Waals surface area contributed by atoms with Gasteiger partial charge in [-0.2, -0.15) is 4.31 Å². The molecule has 6 heteroatoms. The third kappa shape index (κ3) is 3.50. The van der Waals surface area contributed by atoms with Crippen molar-refractivity contribution in [3.63, 3.8) is 0 Å². The van der Waals surface area contributed by atoms with Gasteiger partial charge in [-0.15, -0.1) is 11.8 Å². The summed E-state index contributed by atoms with van der Waals surface area (Å²) >= 11 is 1.69. The molecule has 1 atom stereocenters. The predicted molar refractivity (Wildman–Crippen MR) is 97.7 cm³/mol. The molecule has 128 valence electrons. The van der Waals surface area contributed by atoms with Gasteiger partial charge in [0.2, 0.25) is 10.0 Å². The van der Waals surface area contributed by atoms with E-state index in [0.29, 0.717) is 11.4 Å². The van der Waals surface area contributed by atoms with Crippen LogP contribution in [0.5, 0.6) is 0 Å². The molecule has 1 aromatic heterocycles. The van der Waals surface area contributed by atoms with Crippen molar-refractivity contribution in [1.82, 2.24) is 9.29 Å². The summed E-state index contributed by atoms with van der Waals surface area (Å²) in [4.78, 5) is 4.82. The molecule has 0 amide bonds. The smallest absolute Gasteiger partial charge is 0.243 e. The normalized spacial score (nSPS) is 18.8. The molecule has 0 spiro atoms. The van der Waals surface area contributed by atoms with Gasteiger partial charge in [-0.25, -0.2) is 13.4 Å². The molecule has 1 aromatic carbocycles. The maximum atomic E-state index is 13.0. The first-order valence-corrected chi connectivity index (χ1v) is 10.6. The van der Waals surface area contributed by atoms with Gasteiger partial charge in [0.25, 0.3) is 0 Å². The third-order valence-corrected chi connectivity index (χ3v) is 7.02. The zero-order valence-electron chi connectivity index (χ0n) is 14.0. The van der Waals surface area contributed by atoms with E-state index in [9.17, 15) is 8.42 Å². The van der Waals surface area contributed by atoms with Crippen molar-refractivity contribution in [2.45, 2.75) is 42.7 Å². The van der Waals surface area contributed by atoms with Gasteiger partial charge in [-0.05, 0) is 49.3 Å². The molecule has 1 saturated heterocycles. The van der Waals surface area contributed by atoms with Crippen molar-refractivity contribution in [2.24, 2.45) is 0 Å². The van der Waals surface area contributed by atoms with Crippen LogP contribution in [0.2, 0.25) is 0 Å². The van der Waals surface area contributed by atoms with Gasteiger partial charge in [0.15, 0.2) is 0 Å². The Hall–Kier alpha value is -1.37. The molecule has 1 aliphatic rings. The Bertz CT molecular complexity index is 787. The highest BCUT2D eigenvalue weighted by Crippen LogP contribution is 2.36. The van der Waals surface area contributed by atoms with E-state index in [1.807, 2.05) is 37.4 Å². The lowest BCUT2D eigenvalue weighted by Crippen LogP contribution is -2.30. The molecule has 0 unspecified atom stereocenters. The van der Waals surface area contributed by atoms with Crippen LogP contribution < -0.4 is 0 Å². The van der Waals surface area contributed by atoms with Crippen LogP contribution in [-0.2, 0) is 10.0 Å². The molecular formula is C18H22N2O2S2. The van der Waals surface area contributed by atoms with E-state index in [1.165, 1.54) is 0 Å². The van der Waals surface area contributed by atoms with Crippen molar-refractivity contribution >= 4 is 21.8 Å². The lowest BCUT2D eigenvalue weighted by molar-refractivity contribution is 0.396. The van der Waals surface area contributed by atoms with Crippen molar-refractivity contribution in [2.75, 3.05) is 12.3 Å². The summed E-state index contributed by atoms with van der Waals surface area (Å²) < 4.78 is 27.6. The fraction of sp³-hybridized carbons (Fsp3) is 0.389. The van der Waals surface area contributed by atoms with E-state index < -0.39 is 10.0 Å². The van der Waals surface area contributed by atoms with Crippen LogP contribution in [0.1, 0.15) is 36.9 Å². The van der Waals surface area contributed by atoms with Gasteiger partial charge in [0.05, 0.1) is 16.0 Å². The molecule has 1 aliphatic heterocycles. The summed E-state index contributed by atoms with van der Waals surface area (Å²) in [7, 11) is -3.47. The first-order chi connectivity index (χ1) is 11.5. The molecule has 2 heterocycles. The summed E-state index contributed by atoms with van der Waals surface area (Å²) in [6.07, 6.45) is 3.54. The minimum absolute atomic E-state index is 0.121. The number of benzene rings is 1. The highest BCUT2D eigenvalue weighted by atomic mass is 32.2. The lowest BCUT2D eigenvalue weighted by atomic mass is 10.1. The van der Waals surface area contributed by atoms with Crippen LogP contribution >= 0.6 is 11.8 Å². The van der Waals surface area contributed by atoms with Gasteiger partial charge in [-0.1, -0.05) is 30.7 Å². The monoisotopic (exact) mass is 362 g/mol. The quantitative estimate of drug-likeness (QED) is 0.754. The van der Waals surface area contributed by atoms with E-state index in [4.69, 9.17) is 0 Å². The van der Waals surface area contributed by atoms with Gasteiger partial charge < -0.3 is 0 Å². The molecule has 2 aromatic rings. The minimum atomic E-state index is -3.47. The van der Waals surface area contributed by atoms with Crippen molar-refractivity contribution in [3.8, 4) is 0 Å². The molecule has 0 radical (unpaired) electrons. The van der Waals surface area contributed by atoms with Crippen molar-refractivity contribution < 1.29 is 8.42 Å². The second-order valence-electron chi connectivity index (χ2n) is 5.95. The van der Waals surface area contributed by atoms with Crippen LogP contribution in [0, 0.1) is 6.92 Å².